The van der Waals surface area contributed by atoms with E-state index in [0.29, 0.717) is 0 Å². The topological polar surface area (TPSA) is 60.7 Å². The molecule has 0 bridgehead atoms. The van der Waals surface area contributed by atoms with Crippen molar-refractivity contribution in [2.75, 3.05) is 21.3 Å². The Balaban J connectivity index is -0.0000000755. The van der Waals surface area contributed by atoms with E-state index in [1.54, 1.807) is 12.1 Å². The smallest absolute Gasteiger partial charge is 0.387 e. The van der Waals surface area contributed by atoms with Crippen molar-refractivity contribution in [3.63, 3.8) is 0 Å². The monoisotopic (exact) mass is 407 g/mol. The molecule has 1 aromatic carbocycles. The summed E-state index contributed by atoms with van der Waals surface area (Å²) in [4.78, 5) is 0. The van der Waals surface area contributed by atoms with E-state index < -0.39 is 9.46 Å². The third-order valence-electron chi connectivity index (χ3n) is 0.940. The fourth-order valence-electron chi connectivity index (χ4n) is 0.534. The van der Waals surface area contributed by atoms with Crippen LogP contribution in [0.2, 0.25) is 0 Å². The Hall–Kier alpha value is 0.177. The second-order valence-corrected chi connectivity index (χ2v) is 2.79. The van der Waals surface area contributed by atoms with E-state index in [1.807, 2.05) is 0 Å². The Kier molecular flexibility index (Phi) is 38.7. The van der Waals surface area contributed by atoms with Crippen LogP contribution in [0, 0.1) is 0 Å². The number of hydrogen-bond donors (Lipinski definition) is 3. The van der Waals surface area contributed by atoms with Crippen molar-refractivity contribution in [1.82, 2.24) is 0 Å². The van der Waals surface area contributed by atoms with Gasteiger partial charge in [-0.25, -0.2) is 12.1 Å². The van der Waals surface area contributed by atoms with E-state index in [1.165, 1.54) is 12.1 Å². The summed E-state index contributed by atoms with van der Waals surface area (Å²) in [5.41, 5.74) is 0. The van der Waals surface area contributed by atoms with Crippen LogP contribution in [0.5, 0.6) is 0 Å². The maximum absolute atomic E-state index is 11.7. The van der Waals surface area contributed by atoms with Crippen molar-refractivity contribution in [2.24, 2.45) is 0 Å². The molecule has 3 N–H and O–H groups in total. The quantitative estimate of drug-likeness (QED) is 0.338. The number of hydrogen-bond acceptors (Lipinski definition) is 3. The summed E-state index contributed by atoms with van der Waals surface area (Å²) < 4.78 is 23.5. The molecule has 15 heavy (non-hydrogen) atoms. The van der Waals surface area contributed by atoms with Crippen molar-refractivity contribution in [2.45, 2.75) is 0 Å². The molecule has 0 amide bonds. The van der Waals surface area contributed by atoms with Gasteiger partial charge >= 0.3 is 9.46 Å². The third kappa shape index (κ3) is 16.8. The van der Waals surface area contributed by atoms with E-state index in [4.69, 9.17) is 15.3 Å². The zero-order valence-corrected chi connectivity index (χ0v) is 13.7. The van der Waals surface area contributed by atoms with Gasteiger partial charge in [-0.1, -0.05) is 0 Å². The fraction of sp³-hybridized carbons (Fsp3) is 0.375. The molecule has 1 rings (SSSR count). The van der Waals surface area contributed by atoms with Gasteiger partial charge in [0.1, 0.15) is 0 Å². The fourth-order valence-corrected chi connectivity index (χ4v) is 1.05. The second-order valence-electron chi connectivity index (χ2n) is 1.52. The number of halogens is 2. The van der Waals surface area contributed by atoms with Crippen LogP contribution in [-0.4, -0.2) is 46.1 Å². The zero-order chi connectivity index (χ0) is 12.0. The molecule has 0 aliphatic carbocycles. The predicted octanol–water partition coefficient (Wildman–Crippen LogP) is -0.405. The van der Waals surface area contributed by atoms with E-state index >= 15 is 0 Å². The molecular formula is C8H17F2HfO3Si-. The van der Waals surface area contributed by atoms with Gasteiger partial charge in [0.15, 0.2) is 0 Å². The van der Waals surface area contributed by atoms with Crippen LogP contribution in [0.15, 0.2) is 24.3 Å². The predicted molar refractivity (Wildman–Crippen MR) is 55.5 cm³/mol. The molecule has 90 valence electrons. The van der Waals surface area contributed by atoms with Crippen LogP contribution >= 0.6 is 0 Å². The SMILES string of the molecule is CO.CO.CO.F[SiH](F)[c-]1cccc1.[Hf]. The first-order chi connectivity index (χ1) is 6.80. The maximum Gasteiger partial charge on any atom is 0.387 e. The second kappa shape index (κ2) is 23.8. The van der Waals surface area contributed by atoms with Crippen LogP contribution in [0.4, 0.5) is 8.22 Å². The summed E-state index contributed by atoms with van der Waals surface area (Å²) in [6.45, 7) is 0. The van der Waals surface area contributed by atoms with Crippen molar-refractivity contribution >= 4 is 14.7 Å². The molecule has 3 nitrogen and oxygen atoms in total. The normalized spacial score (nSPS) is 6.73. The number of aliphatic hydroxyl groups excluding tert-OH is 3. The van der Waals surface area contributed by atoms with Gasteiger partial charge in [0.2, 0.25) is 0 Å². The van der Waals surface area contributed by atoms with Gasteiger partial charge in [0, 0.05) is 47.2 Å². The molecule has 0 aliphatic heterocycles. The minimum Gasteiger partial charge on any atom is -0.400 e. The minimum atomic E-state index is -3.48. The number of aliphatic hydroxyl groups is 3. The zero-order valence-electron chi connectivity index (χ0n) is 8.98. The summed E-state index contributed by atoms with van der Waals surface area (Å²) in [6.07, 6.45) is 0. The molecule has 0 atom stereocenters. The summed E-state index contributed by atoms with van der Waals surface area (Å²) in [5.74, 6) is 0. The average molecular weight is 406 g/mol. The van der Waals surface area contributed by atoms with Crippen LogP contribution < -0.4 is 5.19 Å². The summed E-state index contributed by atoms with van der Waals surface area (Å²) >= 11 is 0. The Bertz CT molecular complexity index is 163. The van der Waals surface area contributed by atoms with Gasteiger partial charge in [0.05, 0.1) is 0 Å². The van der Waals surface area contributed by atoms with Gasteiger partial charge in [-0.05, 0) is 0 Å². The van der Waals surface area contributed by atoms with Crippen molar-refractivity contribution < 1.29 is 49.4 Å². The largest absolute Gasteiger partial charge is 0.400 e. The van der Waals surface area contributed by atoms with Gasteiger partial charge in [-0.3, -0.25) is 8.22 Å². The molecule has 0 radical (unpaired) electrons. The molecule has 7 heteroatoms. The molecule has 0 fully saturated rings. The number of rotatable bonds is 1. The Morgan fingerprint density at radius 3 is 1.27 bits per heavy atom. The Morgan fingerprint density at radius 1 is 0.867 bits per heavy atom. The first kappa shape index (κ1) is 24.4. The first-order valence-electron chi connectivity index (χ1n) is 3.64. The minimum absolute atomic E-state index is 0. The van der Waals surface area contributed by atoms with Crippen LogP contribution in [0.25, 0.3) is 0 Å². The van der Waals surface area contributed by atoms with E-state index in [-0.39, 0.29) is 31.0 Å². The molecular weight excluding hydrogens is 389 g/mol. The van der Waals surface area contributed by atoms with E-state index in [9.17, 15) is 8.22 Å². The third-order valence-corrected chi connectivity index (χ3v) is 1.83. The molecule has 0 unspecified atom stereocenters. The van der Waals surface area contributed by atoms with Gasteiger partial charge < -0.3 is 15.3 Å². The van der Waals surface area contributed by atoms with Crippen molar-refractivity contribution in [3.8, 4) is 0 Å². The molecule has 0 heterocycles. The summed E-state index contributed by atoms with van der Waals surface area (Å²) in [7, 11) is -0.480. The van der Waals surface area contributed by atoms with Crippen LogP contribution in [-0.2, 0) is 25.8 Å². The van der Waals surface area contributed by atoms with Crippen LogP contribution in [0.1, 0.15) is 0 Å². The molecule has 0 saturated heterocycles. The van der Waals surface area contributed by atoms with Gasteiger partial charge in [-0.2, -0.15) is 12.1 Å². The van der Waals surface area contributed by atoms with Gasteiger partial charge in [-0.15, -0.1) is 5.19 Å². The standard InChI is InChI=1S/C5H5F2Si.3CH4O.Hf/c6-8(7)5-3-1-2-4-5;3*1-2;/h1-4,8H;3*2H,1H3;/q-1;;;;. The molecule has 0 aromatic heterocycles. The molecule has 1 aromatic rings. The Morgan fingerprint density at radius 2 is 1.13 bits per heavy atom. The van der Waals surface area contributed by atoms with Crippen molar-refractivity contribution in [3.05, 3.63) is 24.3 Å². The van der Waals surface area contributed by atoms with E-state index in [2.05, 4.69) is 0 Å². The van der Waals surface area contributed by atoms with Gasteiger partial charge in [0.25, 0.3) is 0 Å². The molecule has 0 aliphatic rings. The first-order valence-corrected chi connectivity index (χ1v) is 5.09. The van der Waals surface area contributed by atoms with E-state index in [0.717, 1.165) is 21.3 Å². The molecule has 0 spiro atoms. The summed E-state index contributed by atoms with van der Waals surface area (Å²) in [6, 6.07) is 6.21. The Labute approximate surface area is 109 Å². The maximum atomic E-state index is 11.7. The summed E-state index contributed by atoms with van der Waals surface area (Å²) in [5, 5.41) is 21.2. The van der Waals surface area contributed by atoms with Crippen molar-refractivity contribution in [1.29, 1.82) is 0 Å². The van der Waals surface area contributed by atoms with Crippen LogP contribution in [0.3, 0.4) is 0 Å². The average Bonchev–Trinajstić information content (AvgIpc) is 2.80. The molecule has 0 saturated carbocycles.